The monoisotopic (exact) mass is 299 g/mol. The summed E-state index contributed by atoms with van der Waals surface area (Å²) in [7, 11) is 1.62. The fourth-order valence-electron chi connectivity index (χ4n) is 2.13. The highest BCUT2D eigenvalue weighted by atomic mass is 32.1. The third kappa shape index (κ3) is 2.57. The molecule has 3 heterocycles. The van der Waals surface area contributed by atoms with E-state index in [1.165, 1.54) is 4.57 Å². The molecule has 0 saturated carbocycles. The predicted octanol–water partition coefficient (Wildman–Crippen LogP) is 1.92. The molecular formula is C15H13N3O2S. The maximum absolute atomic E-state index is 12.3. The van der Waals surface area contributed by atoms with Crippen LogP contribution in [-0.4, -0.2) is 15.5 Å². The fraction of sp³-hybridized carbons (Fsp3) is 0.133. The van der Waals surface area contributed by atoms with Crippen molar-refractivity contribution in [3.8, 4) is 0 Å². The number of nitrogens with one attached hydrogen (secondary N) is 1. The second-order valence-electron chi connectivity index (χ2n) is 4.60. The Morgan fingerprint density at radius 1 is 1.38 bits per heavy atom. The van der Waals surface area contributed by atoms with E-state index in [0.717, 1.165) is 10.3 Å². The fourth-order valence-corrected chi connectivity index (χ4v) is 2.78. The van der Waals surface area contributed by atoms with Crippen molar-refractivity contribution in [2.24, 2.45) is 7.05 Å². The van der Waals surface area contributed by atoms with Crippen molar-refractivity contribution < 1.29 is 4.79 Å². The lowest BCUT2D eigenvalue weighted by Crippen LogP contribution is -2.32. The van der Waals surface area contributed by atoms with Crippen LogP contribution in [0.2, 0.25) is 0 Å². The number of thiophene rings is 1. The van der Waals surface area contributed by atoms with Gasteiger partial charge >= 0.3 is 0 Å². The molecule has 0 aliphatic heterocycles. The van der Waals surface area contributed by atoms with Crippen LogP contribution < -0.4 is 10.9 Å². The van der Waals surface area contributed by atoms with E-state index in [1.807, 2.05) is 23.6 Å². The molecule has 5 nitrogen and oxygen atoms in total. The molecule has 0 bridgehead atoms. The molecular weight excluding hydrogens is 286 g/mol. The lowest BCUT2D eigenvalue weighted by Gasteiger charge is -2.08. The summed E-state index contributed by atoms with van der Waals surface area (Å²) in [5, 5.41) is 5.48. The van der Waals surface area contributed by atoms with Gasteiger partial charge in [-0.15, -0.1) is 11.3 Å². The first-order chi connectivity index (χ1) is 10.2. The summed E-state index contributed by atoms with van der Waals surface area (Å²) in [6.07, 6.45) is 1.62. The van der Waals surface area contributed by atoms with Crippen LogP contribution in [0.3, 0.4) is 0 Å². The molecule has 21 heavy (non-hydrogen) atoms. The molecule has 0 aliphatic carbocycles. The highest BCUT2D eigenvalue weighted by molar-refractivity contribution is 7.09. The Bertz CT molecular complexity index is 853. The number of amides is 1. The van der Waals surface area contributed by atoms with Gasteiger partial charge in [0, 0.05) is 23.5 Å². The Balaban J connectivity index is 1.94. The van der Waals surface area contributed by atoms with Crippen LogP contribution in [0.15, 0.2) is 46.7 Å². The molecule has 0 fully saturated rings. The summed E-state index contributed by atoms with van der Waals surface area (Å²) in [4.78, 5) is 29.7. The lowest BCUT2D eigenvalue weighted by molar-refractivity contribution is 0.0949. The van der Waals surface area contributed by atoms with Gasteiger partial charge in [0.15, 0.2) is 0 Å². The largest absolute Gasteiger partial charge is 0.347 e. The molecule has 3 aromatic heterocycles. The molecule has 3 rings (SSSR count). The summed E-state index contributed by atoms with van der Waals surface area (Å²) in [5.74, 6) is -0.366. The minimum Gasteiger partial charge on any atom is -0.347 e. The third-order valence-electron chi connectivity index (χ3n) is 3.22. The number of nitrogens with zero attached hydrogens (tertiary/aromatic N) is 2. The van der Waals surface area contributed by atoms with E-state index < -0.39 is 0 Å². The maximum atomic E-state index is 12.3. The molecule has 1 N–H and O–H groups in total. The van der Waals surface area contributed by atoms with Crippen molar-refractivity contribution in [1.29, 1.82) is 0 Å². The Morgan fingerprint density at radius 2 is 2.24 bits per heavy atom. The van der Waals surface area contributed by atoms with Gasteiger partial charge in [0.1, 0.15) is 11.2 Å². The van der Waals surface area contributed by atoms with E-state index in [2.05, 4.69) is 10.3 Å². The van der Waals surface area contributed by atoms with Gasteiger partial charge in [-0.05, 0) is 29.6 Å². The Labute approximate surface area is 124 Å². The van der Waals surface area contributed by atoms with Gasteiger partial charge in [-0.3, -0.25) is 14.2 Å². The predicted molar refractivity (Wildman–Crippen MR) is 82.5 cm³/mol. The number of aromatic nitrogens is 2. The lowest BCUT2D eigenvalue weighted by atomic mass is 10.2. The zero-order chi connectivity index (χ0) is 14.8. The second kappa shape index (κ2) is 5.49. The number of carbonyl (C=O) groups excluding carboxylic acids is 1. The first-order valence-electron chi connectivity index (χ1n) is 6.42. The topological polar surface area (TPSA) is 64.0 Å². The molecule has 0 aliphatic rings. The van der Waals surface area contributed by atoms with Crippen molar-refractivity contribution in [1.82, 2.24) is 14.9 Å². The quantitative estimate of drug-likeness (QED) is 0.803. The van der Waals surface area contributed by atoms with Crippen molar-refractivity contribution in [2.45, 2.75) is 6.54 Å². The summed E-state index contributed by atoms with van der Waals surface area (Å²) >= 11 is 1.56. The van der Waals surface area contributed by atoms with Gasteiger partial charge in [0.25, 0.3) is 11.5 Å². The zero-order valence-corrected chi connectivity index (χ0v) is 12.2. The highest BCUT2D eigenvalue weighted by Gasteiger charge is 2.14. The number of pyridine rings is 2. The van der Waals surface area contributed by atoms with Crippen molar-refractivity contribution in [3.63, 3.8) is 0 Å². The van der Waals surface area contributed by atoms with E-state index in [9.17, 15) is 9.59 Å². The molecule has 0 unspecified atom stereocenters. The molecule has 0 radical (unpaired) electrons. The second-order valence-corrected chi connectivity index (χ2v) is 5.63. The summed E-state index contributed by atoms with van der Waals surface area (Å²) < 4.78 is 1.40. The molecule has 0 atom stereocenters. The van der Waals surface area contributed by atoms with Crippen LogP contribution >= 0.6 is 11.3 Å². The van der Waals surface area contributed by atoms with E-state index in [-0.39, 0.29) is 17.0 Å². The molecule has 0 spiro atoms. The van der Waals surface area contributed by atoms with Gasteiger partial charge in [0.2, 0.25) is 0 Å². The number of rotatable bonds is 3. The number of fused-ring (bicyclic) bond motifs is 1. The van der Waals surface area contributed by atoms with Crippen LogP contribution in [0.5, 0.6) is 0 Å². The van der Waals surface area contributed by atoms with Crippen LogP contribution in [0.1, 0.15) is 15.2 Å². The van der Waals surface area contributed by atoms with Crippen LogP contribution in [0.4, 0.5) is 0 Å². The first kappa shape index (κ1) is 13.5. The molecule has 1 amide bonds. The van der Waals surface area contributed by atoms with Gasteiger partial charge < -0.3 is 5.32 Å². The van der Waals surface area contributed by atoms with Crippen LogP contribution in [0, 0.1) is 0 Å². The minimum absolute atomic E-state index is 0.134. The molecule has 6 heteroatoms. The number of hydrogen-bond acceptors (Lipinski definition) is 4. The Morgan fingerprint density at radius 3 is 3.00 bits per heavy atom. The van der Waals surface area contributed by atoms with E-state index in [1.54, 1.807) is 36.7 Å². The van der Waals surface area contributed by atoms with Gasteiger partial charge in [-0.25, -0.2) is 4.98 Å². The Kier molecular flexibility index (Phi) is 3.53. The van der Waals surface area contributed by atoms with Crippen molar-refractivity contribution in [3.05, 3.63) is 62.7 Å². The van der Waals surface area contributed by atoms with E-state index in [0.29, 0.717) is 12.2 Å². The summed E-state index contributed by atoms with van der Waals surface area (Å²) in [6.45, 7) is 0.421. The number of hydrogen-bond donors (Lipinski definition) is 1. The van der Waals surface area contributed by atoms with Crippen molar-refractivity contribution >= 4 is 28.3 Å². The SMILES string of the molecule is Cn1c(=O)c(C(=O)NCc2cccs2)cc2cccnc21. The summed E-state index contributed by atoms with van der Waals surface area (Å²) in [5.41, 5.74) is 0.358. The minimum atomic E-state index is -0.366. The maximum Gasteiger partial charge on any atom is 0.264 e. The average Bonchev–Trinajstić information content (AvgIpc) is 3.02. The molecule has 3 aromatic rings. The Hall–Kier alpha value is -2.47. The van der Waals surface area contributed by atoms with Crippen molar-refractivity contribution in [2.75, 3.05) is 0 Å². The van der Waals surface area contributed by atoms with E-state index in [4.69, 9.17) is 0 Å². The van der Waals surface area contributed by atoms with Gasteiger partial charge in [0.05, 0.1) is 6.54 Å². The van der Waals surface area contributed by atoms with Gasteiger partial charge in [-0.2, -0.15) is 0 Å². The zero-order valence-electron chi connectivity index (χ0n) is 11.4. The number of carbonyl (C=O) groups is 1. The molecule has 0 aromatic carbocycles. The standard InChI is InChI=1S/C15H13N3O2S/c1-18-13-10(4-2-6-16-13)8-12(15(18)20)14(19)17-9-11-5-3-7-21-11/h2-8H,9H2,1H3,(H,17,19). The summed E-state index contributed by atoms with van der Waals surface area (Å²) in [6, 6.07) is 9.06. The number of aryl methyl sites for hydroxylation is 1. The smallest absolute Gasteiger partial charge is 0.264 e. The first-order valence-corrected chi connectivity index (χ1v) is 7.30. The average molecular weight is 299 g/mol. The molecule has 0 saturated heterocycles. The third-order valence-corrected chi connectivity index (χ3v) is 4.09. The van der Waals surface area contributed by atoms with Crippen LogP contribution in [0.25, 0.3) is 11.0 Å². The molecule has 106 valence electrons. The normalized spacial score (nSPS) is 10.7. The van der Waals surface area contributed by atoms with Crippen LogP contribution in [-0.2, 0) is 13.6 Å². The van der Waals surface area contributed by atoms with Gasteiger partial charge in [-0.1, -0.05) is 6.07 Å². The van der Waals surface area contributed by atoms with E-state index >= 15 is 0 Å². The highest BCUT2D eigenvalue weighted by Crippen LogP contribution is 2.11.